The molecule has 9 nitrogen and oxygen atoms in total. The second kappa shape index (κ2) is 9.99. The molecule has 0 saturated carbocycles. The van der Waals surface area contributed by atoms with Gasteiger partial charge in [-0.25, -0.2) is 4.98 Å². The lowest BCUT2D eigenvalue weighted by atomic mass is 10.4. The van der Waals surface area contributed by atoms with Crippen LogP contribution in [0.2, 0.25) is 5.02 Å². The van der Waals surface area contributed by atoms with Crippen LogP contribution in [0.3, 0.4) is 0 Å². The zero-order valence-corrected chi connectivity index (χ0v) is 18.6. The van der Waals surface area contributed by atoms with Gasteiger partial charge < -0.3 is 14.8 Å². The summed E-state index contributed by atoms with van der Waals surface area (Å²) < 4.78 is 39.3. The van der Waals surface area contributed by atoms with Crippen molar-refractivity contribution in [2.75, 3.05) is 25.4 Å². The van der Waals surface area contributed by atoms with Crippen molar-refractivity contribution in [1.29, 1.82) is 0 Å². The fourth-order valence-electron chi connectivity index (χ4n) is 2.17. The van der Waals surface area contributed by atoms with E-state index in [1.165, 1.54) is 26.4 Å². The summed E-state index contributed by atoms with van der Waals surface area (Å²) in [4.78, 5) is 20.3. The molecule has 0 bridgehead atoms. The highest BCUT2D eigenvalue weighted by Gasteiger charge is 2.24. The van der Waals surface area contributed by atoms with Crippen molar-refractivity contribution in [1.82, 2.24) is 9.97 Å². The molecule has 0 saturated heterocycles. The molecule has 0 radical (unpaired) electrons. The van der Waals surface area contributed by atoms with E-state index in [0.29, 0.717) is 11.6 Å². The SMILES string of the molecule is COC(=O)C(C)S(CNc1nc(C)cc(OC)n1)=NS(=O)(=O)c1ccccc1Cl. The van der Waals surface area contributed by atoms with Crippen LogP contribution in [-0.4, -0.2) is 49.7 Å². The lowest BCUT2D eigenvalue weighted by Gasteiger charge is -2.16. The van der Waals surface area contributed by atoms with Gasteiger partial charge in [0.2, 0.25) is 11.8 Å². The van der Waals surface area contributed by atoms with Gasteiger partial charge in [0.1, 0.15) is 10.1 Å². The quantitative estimate of drug-likeness (QED) is 0.597. The molecule has 1 heterocycles. The fourth-order valence-corrected chi connectivity index (χ4v) is 6.07. The molecule has 1 aromatic carbocycles. The number of methoxy groups -OCH3 is 2. The molecule has 1 N–H and O–H groups in total. The molecule has 2 rings (SSSR count). The number of ether oxygens (including phenoxy) is 2. The third-order valence-electron chi connectivity index (χ3n) is 3.67. The van der Waals surface area contributed by atoms with E-state index < -0.39 is 31.9 Å². The van der Waals surface area contributed by atoms with Crippen molar-refractivity contribution in [3.8, 4) is 5.88 Å². The Kier molecular flexibility index (Phi) is 7.94. The minimum absolute atomic E-state index is 0.00738. The molecule has 1 aromatic heterocycles. The van der Waals surface area contributed by atoms with Gasteiger partial charge in [0.15, 0.2) is 0 Å². The monoisotopic (exact) mass is 460 g/mol. The number of halogens is 1. The van der Waals surface area contributed by atoms with Crippen LogP contribution in [0.4, 0.5) is 5.95 Å². The van der Waals surface area contributed by atoms with E-state index in [4.69, 9.17) is 21.1 Å². The van der Waals surface area contributed by atoms with Crippen molar-refractivity contribution in [3.05, 3.63) is 41.0 Å². The number of aromatic nitrogens is 2. The van der Waals surface area contributed by atoms with Crippen molar-refractivity contribution < 1.29 is 22.7 Å². The van der Waals surface area contributed by atoms with Crippen LogP contribution in [0.1, 0.15) is 12.6 Å². The van der Waals surface area contributed by atoms with Crippen LogP contribution in [0.5, 0.6) is 5.88 Å². The van der Waals surface area contributed by atoms with Gasteiger partial charge in [-0.15, -0.1) is 3.77 Å². The second-order valence-corrected chi connectivity index (χ2v) is 9.93. The summed E-state index contributed by atoms with van der Waals surface area (Å²) in [6.07, 6.45) is 0. The van der Waals surface area contributed by atoms with Gasteiger partial charge in [-0.2, -0.15) is 13.4 Å². The highest BCUT2D eigenvalue weighted by molar-refractivity contribution is 8.00. The third kappa shape index (κ3) is 6.12. The van der Waals surface area contributed by atoms with E-state index in [2.05, 4.69) is 19.1 Å². The fraction of sp³-hybridized carbons (Fsp3) is 0.353. The molecule has 0 aliphatic rings. The van der Waals surface area contributed by atoms with Gasteiger partial charge in [0, 0.05) is 11.8 Å². The molecule has 0 aliphatic heterocycles. The Morgan fingerprint density at radius 2 is 2.00 bits per heavy atom. The molecule has 0 aliphatic carbocycles. The predicted octanol–water partition coefficient (Wildman–Crippen LogP) is 2.57. The van der Waals surface area contributed by atoms with Crippen LogP contribution >= 0.6 is 11.6 Å². The van der Waals surface area contributed by atoms with E-state index in [-0.39, 0.29) is 21.7 Å². The molecule has 2 atom stereocenters. The van der Waals surface area contributed by atoms with Gasteiger partial charge in [0.25, 0.3) is 10.0 Å². The van der Waals surface area contributed by atoms with Crippen molar-refractivity contribution in [2.45, 2.75) is 24.0 Å². The summed E-state index contributed by atoms with van der Waals surface area (Å²) in [6, 6.07) is 7.61. The Balaban J connectivity index is 2.40. The van der Waals surface area contributed by atoms with Gasteiger partial charge in [0.05, 0.1) is 25.1 Å². The highest BCUT2D eigenvalue weighted by Crippen LogP contribution is 2.24. The lowest BCUT2D eigenvalue weighted by molar-refractivity contribution is -0.139. The summed E-state index contributed by atoms with van der Waals surface area (Å²) in [5.41, 5.74) is 0.654. The Bertz CT molecular complexity index is 1030. The summed E-state index contributed by atoms with van der Waals surface area (Å²) >= 11 is 6.01. The van der Waals surface area contributed by atoms with Crippen molar-refractivity contribution >= 4 is 44.2 Å². The molecule has 158 valence electrons. The Morgan fingerprint density at radius 1 is 1.31 bits per heavy atom. The summed E-state index contributed by atoms with van der Waals surface area (Å²) in [5.74, 6) is -0.0220. The van der Waals surface area contributed by atoms with E-state index >= 15 is 0 Å². The van der Waals surface area contributed by atoms with Crippen molar-refractivity contribution in [2.24, 2.45) is 3.77 Å². The Labute approximate surface area is 177 Å². The number of hydrogen-bond acceptors (Lipinski definition) is 8. The smallest absolute Gasteiger partial charge is 0.319 e. The molecule has 2 aromatic rings. The summed E-state index contributed by atoms with van der Waals surface area (Å²) in [6.45, 7) is 3.30. The zero-order valence-electron chi connectivity index (χ0n) is 16.2. The first kappa shape index (κ1) is 23.0. The number of sulfonamides is 1. The van der Waals surface area contributed by atoms with E-state index in [0.717, 1.165) is 0 Å². The van der Waals surface area contributed by atoms with E-state index in [1.54, 1.807) is 32.0 Å². The topological polar surface area (TPSA) is 120 Å². The zero-order chi connectivity index (χ0) is 21.6. The first-order valence-corrected chi connectivity index (χ1v) is 11.5. The number of nitrogens with zero attached hydrogens (tertiary/aromatic N) is 3. The number of esters is 1. The number of carbonyl (C=O) groups is 1. The summed E-state index contributed by atoms with van der Waals surface area (Å²) in [5, 5.41) is 2.14. The number of carbonyl (C=O) groups excluding carboxylic acids is 1. The standard InChI is InChI=1S/C17H21ClN4O5S2/c1-11-9-15(26-3)21-17(20-11)19-10-28(12(2)16(23)27-4)22-29(24,25)14-8-6-5-7-13(14)18/h5-9,12H,10H2,1-4H3,(H,19,20,21). The first-order chi connectivity index (χ1) is 13.7. The third-order valence-corrected chi connectivity index (χ3v) is 8.02. The van der Waals surface area contributed by atoms with E-state index in [1.807, 2.05) is 0 Å². The second-order valence-electron chi connectivity index (χ2n) is 5.74. The molecular weight excluding hydrogens is 440 g/mol. The van der Waals surface area contributed by atoms with E-state index in [9.17, 15) is 13.2 Å². The largest absolute Gasteiger partial charge is 0.481 e. The molecular formula is C17H21ClN4O5S2. The average Bonchev–Trinajstić information content (AvgIpc) is 2.69. The van der Waals surface area contributed by atoms with Crippen LogP contribution in [0, 0.1) is 6.92 Å². The van der Waals surface area contributed by atoms with Crippen LogP contribution in [0.25, 0.3) is 0 Å². The molecule has 12 heteroatoms. The molecule has 0 fully saturated rings. The number of anilines is 1. The maximum absolute atomic E-state index is 12.8. The lowest BCUT2D eigenvalue weighted by Crippen LogP contribution is -2.29. The predicted molar refractivity (Wildman–Crippen MR) is 112 cm³/mol. The minimum atomic E-state index is -4.11. The Hall–Kier alpha value is -2.24. The minimum Gasteiger partial charge on any atom is -0.481 e. The van der Waals surface area contributed by atoms with Crippen LogP contribution in [-0.2, 0) is 30.2 Å². The van der Waals surface area contributed by atoms with Gasteiger partial charge in [-0.05, 0) is 36.7 Å². The number of aryl methyl sites for hydroxylation is 1. The summed E-state index contributed by atoms with van der Waals surface area (Å²) in [7, 11) is -2.73. The van der Waals surface area contributed by atoms with Gasteiger partial charge in [-0.1, -0.05) is 23.7 Å². The molecule has 29 heavy (non-hydrogen) atoms. The first-order valence-electron chi connectivity index (χ1n) is 8.31. The maximum atomic E-state index is 12.8. The van der Waals surface area contributed by atoms with Crippen LogP contribution < -0.4 is 10.1 Å². The van der Waals surface area contributed by atoms with Crippen LogP contribution in [0.15, 0.2) is 39.0 Å². The highest BCUT2D eigenvalue weighted by atomic mass is 35.5. The average molecular weight is 461 g/mol. The number of nitrogens with one attached hydrogen (secondary N) is 1. The normalized spacial score (nSPS) is 13.6. The van der Waals surface area contributed by atoms with Gasteiger partial charge in [-0.3, -0.25) is 4.79 Å². The van der Waals surface area contributed by atoms with Crippen molar-refractivity contribution in [3.63, 3.8) is 0 Å². The molecule has 2 unspecified atom stereocenters. The van der Waals surface area contributed by atoms with Gasteiger partial charge >= 0.3 is 5.97 Å². The molecule has 0 spiro atoms. The Morgan fingerprint density at radius 3 is 2.62 bits per heavy atom. The number of hydrogen-bond donors (Lipinski definition) is 1. The number of rotatable bonds is 8. The maximum Gasteiger partial charge on any atom is 0.319 e. The molecule has 0 amide bonds. The number of benzene rings is 1.